The van der Waals surface area contributed by atoms with Crippen molar-refractivity contribution in [3.05, 3.63) is 0 Å². The summed E-state index contributed by atoms with van der Waals surface area (Å²) in [4.78, 5) is 12.4. The Hall–Kier alpha value is -1.14. The van der Waals surface area contributed by atoms with Gasteiger partial charge in [0.15, 0.2) is 0 Å². The van der Waals surface area contributed by atoms with E-state index in [2.05, 4.69) is 19.0 Å². The highest BCUT2D eigenvalue weighted by atomic mass is 16.5. The first-order chi connectivity index (χ1) is 12.7. The van der Waals surface area contributed by atoms with E-state index in [9.17, 15) is 20.2 Å². The monoisotopic (exact) mass is 379 g/mol. The van der Waals surface area contributed by atoms with E-state index >= 15 is 0 Å². The van der Waals surface area contributed by atoms with Gasteiger partial charge in [-0.3, -0.25) is 4.79 Å². The molecule has 6 nitrogen and oxygen atoms in total. The van der Waals surface area contributed by atoms with Crippen molar-refractivity contribution in [3.63, 3.8) is 0 Å². The van der Waals surface area contributed by atoms with Gasteiger partial charge in [0.2, 0.25) is 0 Å². The fourth-order valence-electron chi connectivity index (χ4n) is 7.70. The number of ether oxygens (including phenoxy) is 1. The molecule has 0 aromatic rings. The third-order valence-corrected chi connectivity index (χ3v) is 9.24. The molecule has 4 aliphatic rings. The molecule has 4 saturated carbocycles. The first-order valence-electron chi connectivity index (χ1n) is 10.4. The maximum Gasteiger partial charge on any atom is 0.309 e. The zero-order valence-corrected chi connectivity index (χ0v) is 16.6. The van der Waals surface area contributed by atoms with Crippen LogP contribution in [0.2, 0.25) is 0 Å². The SMILES string of the molecule is COC(=O)[C@H]1CC[C@H]2[C@@H]3CC(=NO)[C@@]4(O)C[C@@H](O)CC[C@]4(C)[C@H]3CC[C@]12C. The highest BCUT2D eigenvalue weighted by molar-refractivity contribution is 5.94. The van der Waals surface area contributed by atoms with Crippen LogP contribution in [-0.2, 0) is 9.53 Å². The molecule has 0 saturated heterocycles. The Kier molecular flexibility index (Phi) is 4.39. The third kappa shape index (κ3) is 2.38. The number of oxime groups is 1. The van der Waals surface area contributed by atoms with E-state index in [0.717, 1.165) is 32.1 Å². The van der Waals surface area contributed by atoms with Gasteiger partial charge in [0.1, 0.15) is 5.60 Å². The molecule has 27 heavy (non-hydrogen) atoms. The summed E-state index contributed by atoms with van der Waals surface area (Å²) in [6.45, 7) is 4.35. The van der Waals surface area contributed by atoms with E-state index in [1.165, 1.54) is 7.11 Å². The summed E-state index contributed by atoms with van der Waals surface area (Å²) in [6.07, 6.45) is 5.39. The van der Waals surface area contributed by atoms with Gasteiger partial charge in [-0.2, -0.15) is 0 Å². The van der Waals surface area contributed by atoms with Crippen LogP contribution in [0.5, 0.6) is 0 Å². The van der Waals surface area contributed by atoms with Crippen LogP contribution in [0.25, 0.3) is 0 Å². The fourth-order valence-corrected chi connectivity index (χ4v) is 7.70. The van der Waals surface area contributed by atoms with Gasteiger partial charge in [-0.15, -0.1) is 0 Å². The van der Waals surface area contributed by atoms with E-state index in [1.54, 1.807) is 0 Å². The van der Waals surface area contributed by atoms with E-state index in [-0.39, 0.29) is 23.7 Å². The molecule has 0 bridgehead atoms. The summed E-state index contributed by atoms with van der Waals surface area (Å²) in [5.74, 6) is 0.809. The number of hydrogen-bond donors (Lipinski definition) is 3. The van der Waals surface area contributed by atoms with Crippen molar-refractivity contribution in [1.29, 1.82) is 0 Å². The summed E-state index contributed by atoms with van der Waals surface area (Å²) >= 11 is 0. The number of methoxy groups -OCH3 is 1. The lowest BCUT2D eigenvalue weighted by Gasteiger charge is -2.63. The van der Waals surface area contributed by atoms with Crippen LogP contribution in [0.15, 0.2) is 5.16 Å². The number of hydrogen-bond acceptors (Lipinski definition) is 6. The molecule has 4 aliphatic carbocycles. The average molecular weight is 379 g/mol. The van der Waals surface area contributed by atoms with Crippen LogP contribution in [0.1, 0.15) is 65.2 Å². The minimum atomic E-state index is -1.24. The molecule has 0 heterocycles. The maximum absolute atomic E-state index is 12.4. The van der Waals surface area contributed by atoms with E-state index in [4.69, 9.17) is 4.74 Å². The Morgan fingerprint density at radius 1 is 1.15 bits per heavy atom. The number of nitrogens with zero attached hydrogens (tertiary/aromatic N) is 1. The minimum absolute atomic E-state index is 0.0650. The van der Waals surface area contributed by atoms with Gasteiger partial charge in [-0.1, -0.05) is 19.0 Å². The molecule has 0 aromatic heterocycles. The van der Waals surface area contributed by atoms with E-state index < -0.39 is 17.1 Å². The molecule has 4 fully saturated rings. The van der Waals surface area contributed by atoms with Crippen molar-refractivity contribution < 1.29 is 25.0 Å². The Balaban J connectivity index is 1.72. The van der Waals surface area contributed by atoms with Crippen LogP contribution in [0, 0.1) is 34.5 Å². The maximum atomic E-state index is 12.4. The minimum Gasteiger partial charge on any atom is -0.469 e. The highest BCUT2D eigenvalue weighted by Crippen LogP contribution is 2.67. The topological polar surface area (TPSA) is 99.4 Å². The first-order valence-corrected chi connectivity index (χ1v) is 10.4. The molecule has 0 aliphatic heterocycles. The van der Waals surface area contributed by atoms with Gasteiger partial charge >= 0.3 is 5.97 Å². The van der Waals surface area contributed by atoms with Crippen molar-refractivity contribution >= 4 is 11.7 Å². The molecule has 0 radical (unpaired) electrons. The quantitative estimate of drug-likeness (QED) is 0.370. The molecule has 6 heteroatoms. The van der Waals surface area contributed by atoms with E-state index in [1.807, 2.05) is 0 Å². The van der Waals surface area contributed by atoms with Crippen LogP contribution in [0.4, 0.5) is 0 Å². The summed E-state index contributed by atoms with van der Waals surface area (Å²) in [5, 5.41) is 35.1. The van der Waals surface area contributed by atoms with Gasteiger partial charge in [0.05, 0.1) is 24.8 Å². The molecular weight excluding hydrogens is 346 g/mol. The van der Waals surface area contributed by atoms with Crippen molar-refractivity contribution in [3.8, 4) is 0 Å². The van der Waals surface area contributed by atoms with Crippen molar-refractivity contribution in [2.45, 2.75) is 76.9 Å². The number of carbonyl (C=O) groups excluding carboxylic acids is 1. The van der Waals surface area contributed by atoms with Crippen LogP contribution in [0.3, 0.4) is 0 Å². The second kappa shape index (κ2) is 6.18. The number of fused-ring (bicyclic) bond motifs is 5. The normalized spacial score (nSPS) is 53.4. The second-order valence-electron chi connectivity index (χ2n) is 10.00. The van der Waals surface area contributed by atoms with Crippen molar-refractivity contribution in [2.75, 3.05) is 7.11 Å². The smallest absolute Gasteiger partial charge is 0.309 e. The summed E-state index contributed by atoms with van der Waals surface area (Å²) < 4.78 is 5.09. The predicted molar refractivity (Wildman–Crippen MR) is 99.3 cm³/mol. The molecule has 0 unspecified atom stereocenters. The molecule has 0 spiro atoms. The number of esters is 1. The summed E-state index contributed by atoms with van der Waals surface area (Å²) in [7, 11) is 1.47. The average Bonchev–Trinajstić information content (AvgIpc) is 2.99. The van der Waals surface area contributed by atoms with Gasteiger partial charge in [0.25, 0.3) is 0 Å². The lowest BCUT2D eigenvalue weighted by atomic mass is 9.42. The highest BCUT2D eigenvalue weighted by Gasteiger charge is 2.67. The Bertz CT molecular complexity index is 665. The first kappa shape index (κ1) is 19.2. The molecule has 8 atom stereocenters. The molecule has 3 N–H and O–H groups in total. The molecular formula is C21H33NO5. The molecule has 0 aromatic carbocycles. The standard InChI is InChI=1S/C21H33NO5/c1-19-8-7-15-13(14(19)4-5-16(19)18(24)27-3)10-17(22-26)21(25)11-12(23)6-9-20(15,21)2/h12-16,23,25-26H,4-11H2,1-3H3/t12-,13-,14-,15-,16+,19-,20+,21-/m0/s1. The number of rotatable bonds is 1. The Morgan fingerprint density at radius 2 is 1.89 bits per heavy atom. The zero-order valence-electron chi connectivity index (χ0n) is 16.6. The summed E-state index contributed by atoms with van der Waals surface area (Å²) in [6, 6.07) is 0. The van der Waals surface area contributed by atoms with Crippen LogP contribution >= 0.6 is 0 Å². The van der Waals surface area contributed by atoms with E-state index in [0.29, 0.717) is 36.3 Å². The lowest BCUT2D eigenvalue weighted by Crippen LogP contribution is -2.67. The largest absolute Gasteiger partial charge is 0.469 e. The van der Waals surface area contributed by atoms with Crippen LogP contribution < -0.4 is 0 Å². The summed E-state index contributed by atoms with van der Waals surface area (Å²) in [5.41, 5.74) is -1.30. The fraction of sp³-hybridized carbons (Fsp3) is 0.905. The molecule has 0 amide bonds. The Labute approximate surface area is 161 Å². The predicted octanol–water partition coefficient (Wildman–Crippen LogP) is 2.73. The molecule has 4 rings (SSSR count). The number of carbonyl (C=O) groups is 1. The number of aliphatic hydroxyl groups is 2. The van der Waals surface area contributed by atoms with Crippen molar-refractivity contribution in [2.24, 2.45) is 39.7 Å². The molecule has 152 valence electrons. The lowest BCUT2D eigenvalue weighted by molar-refractivity contribution is -0.174. The third-order valence-electron chi connectivity index (χ3n) is 9.24. The van der Waals surface area contributed by atoms with Crippen molar-refractivity contribution in [1.82, 2.24) is 0 Å². The van der Waals surface area contributed by atoms with Gasteiger partial charge < -0.3 is 20.2 Å². The second-order valence-corrected chi connectivity index (χ2v) is 10.00. The van der Waals surface area contributed by atoms with Gasteiger partial charge in [-0.25, -0.2) is 0 Å². The number of aliphatic hydroxyl groups excluding tert-OH is 1. The van der Waals surface area contributed by atoms with Gasteiger partial charge in [0, 0.05) is 11.8 Å². The van der Waals surface area contributed by atoms with Crippen LogP contribution in [-0.4, -0.2) is 45.9 Å². The Morgan fingerprint density at radius 3 is 2.56 bits per heavy atom. The van der Waals surface area contributed by atoms with Gasteiger partial charge in [-0.05, 0) is 68.1 Å². The zero-order chi connectivity index (χ0) is 19.6.